The van der Waals surface area contributed by atoms with Gasteiger partial charge in [-0.05, 0) is 44.1 Å². The average molecular weight is 348 g/mol. The van der Waals surface area contributed by atoms with Crippen LogP contribution in [-0.2, 0) is 0 Å². The van der Waals surface area contributed by atoms with Crippen LogP contribution in [0.1, 0.15) is 40.5 Å². The lowest BCUT2D eigenvalue weighted by Gasteiger charge is -2.06. The summed E-state index contributed by atoms with van der Waals surface area (Å²) in [6, 6.07) is 4.20. The van der Waals surface area contributed by atoms with Gasteiger partial charge in [0.1, 0.15) is 0 Å². The van der Waals surface area contributed by atoms with Gasteiger partial charge in [-0.15, -0.1) is 22.7 Å². The molecule has 2 rings (SSSR count). The van der Waals surface area contributed by atoms with Crippen molar-refractivity contribution in [3.05, 3.63) is 39.8 Å². The maximum absolute atomic E-state index is 4.85. The molecule has 3 nitrogen and oxygen atoms in total. The molecule has 0 aliphatic carbocycles. The van der Waals surface area contributed by atoms with Crippen molar-refractivity contribution in [2.45, 2.75) is 40.5 Å². The van der Waals surface area contributed by atoms with Gasteiger partial charge in [-0.3, -0.25) is 4.99 Å². The Morgan fingerprint density at radius 1 is 1.30 bits per heavy atom. The van der Waals surface area contributed by atoms with Crippen LogP contribution in [0.3, 0.4) is 0 Å². The maximum Gasteiger partial charge on any atom is 0.206 e. The minimum absolute atomic E-state index is 0.644. The number of thiazole rings is 1. The molecule has 5 heteroatoms. The van der Waals surface area contributed by atoms with Gasteiger partial charge >= 0.3 is 0 Å². The highest BCUT2D eigenvalue weighted by molar-refractivity contribution is 7.14. The van der Waals surface area contributed by atoms with Gasteiger partial charge in [-0.25, -0.2) is 4.68 Å². The summed E-state index contributed by atoms with van der Waals surface area (Å²) in [5.74, 6) is 0.692. The zero-order valence-electron chi connectivity index (χ0n) is 14.4. The first kappa shape index (κ1) is 17.9. The highest BCUT2D eigenvalue weighted by Crippen LogP contribution is 2.25. The lowest BCUT2D eigenvalue weighted by atomic mass is 10.1. The third-order valence-electron chi connectivity index (χ3n) is 3.30. The fourth-order valence-electron chi connectivity index (χ4n) is 2.02. The van der Waals surface area contributed by atoms with Crippen molar-refractivity contribution in [1.29, 1.82) is 0 Å². The molecule has 0 aromatic carbocycles. The molecule has 0 aliphatic heterocycles. The monoisotopic (exact) mass is 347 g/mol. The fourth-order valence-corrected chi connectivity index (χ4v) is 3.64. The summed E-state index contributed by atoms with van der Waals surface area (Å²) in [6.07, 6.45) is 2.18. The molecule has 0 bridgehead atoms. The molecule has 0 spiro atoms. The Kier molecular flexibility index (Phi) is 6.54. The number of hydrogen-bond donors (Lipinski definition) is 0. The molecular weight excluding hydrogens is 322 g/mol. The summed E-state index contributed by atoms with van der Waals surface area (Å²) < 4.78 is 2.00. The second-order valence-corrected chi connectivity index (χ2v) is 8.02. The van der Waals surface area contributed by atoms with Gasteiger partial charge in [0.15, 0.2) is 0 Å². The topological polar surface area (TPSA) is 29.6 Å². The van der Waals surface area contributed by atoms with Gasteiger partial charge in [0.05, 0.1) is 17.1 Å². The molecule has 0 N–H and O–H groups in total. The molecule has 0 unspecified atom stereocenters. The van der Waals surface area contributed by atoms with E-state index in [2.05, 4.69) is 55.2 Å². The van der Waals surface area contributed by atoms with E-state index < -0.39 is 0 Å². The molecule has 0 fully saturated rings. The Morgan fingerprint density at radius 2 is 2.09 bits per heavy atom. The van der Waals surface area contributed by atoms with E-state index in [9.17, 15) is 0 Å². The zero-order chi connectivity index (χ0) is 16.8. The summed E-state index contributed by atoms with van der Waals surface area (Å²) in [7, 11) is 0. The van der Waals surface area contributed by atoms with E-state index in [1.165, 1.54) is 4.88 Å². The Labute approximate surface area is 146 Å². The predicted octanol–water partition coefficient (Wildman–Crippen LogP) is 5.42. The molecule has 0 saturated heterocycles. The number of hydrogen-bond acceptors (Lipinski definition) is 4. The lowest BCUT2D eigenvalue weighted by molar-refractivity contribution is 0.601. The largest absolute Gasteiger partial charge is 0.253 e. The van der Waals surface area contributed by atoms with Crippen LogP contribution in [0.15, 0.2) is 45.1 Å². The van der Waals surface area contributed by atoms with Crippen LogP contribution in [0.5, 0.6) is 0 Å². The second-order valence-electron chi connectivity index (χ2n) is 6.23. The van der Waals surface area contributed by atoms with Crippen molar-refractivity contribution >= 4 is 28.4 Å². The Bertz CT molecular complexity index is 731. The molecule has 0 atom stereocenters. The van der Waals surface area contributed by atoms with Crippen molar-refractivity contribution in [2.24, 2.45) is 16.0 Å². The van der Waals surface area contributed by atoms with Crippen molar-refractivity contribution in [3.8, 4) is 10.6 Å². The SMILES string of the molecule is C=C(C)CN=c1scc(-c2cccs2)n1N=C(C)CCC(C)C. The summed E-state index contributed by atoms with van der Waals surface area (Å²) in [5.41, 5.74) is 3.32. The number of aromatic nitrogens is 1. The quantitative estimate of drug-likeness (QED) is 0.473. The van der Waals surface area contributed by atoms with Gasteiger partial charge in [0.25, 0.3) is 0 Å². The van der Waals surface area contributed by atoms with E-state index in [1.54, 1.807) is 22.7 Å². The van der Waals surface area contributed by atoms with Crippen LogP contribution >= 0.6 is 22.7 Å². The molecule has 23 heavy (non-hydrogen) atoms. The minimum atomic E-state index is 0.644. The average Bonchev–Trinajstić information content (AvgIpc) is 3.12. The number of thiophene rings is 1. The van der Waals surface area contributed by atoms with Gasteiger partial charge in [0.2, 0.25) is 4.80 Å². The first-order valence-corrected chi connectivity index (χ1v) is 9.67. The molecule has 0 radical (unpaired) electrons. The normalized spacial score (nSPS) is 13.1. The van der Waals surface area contributed by atoms with Crippen LogP contribution < -0.4 is 4.80 Å². The smallest absolute Gasteiger partial charge is 0.206 e. The summed E-state index contributed by atoms with van der Waals surface area (Å²) >= 11 is 3.37. The number of rotatable bonds is 7. The van der Waals surface area contributed by atoms with Crippen molar-refractivity contribution in [3.63, 3.8) is 0 Å². The van der Waals surface area contributed by atoms with Crippen molar-refractivity contribution < 1.29 is 0 Å². The van der Waals surface area contributed by atoms with Gasteiger partial charge < -0.3 is 0 Å². The van der Waals surface area contributed by atoms with Crippen molar-refractivity contribution in [1.82, 2.24) is 4.68 Å². The third kappa shape index (κ3) is 5.29. The highest BCUT2D eigenvalue weighted by Gasteiger charge is 2.09. The number of nitrogens with zero attached hydrogens (tertiary/aromatic N) is 3. The lowest BCUT2D eigenvalue weighted by Crippen LogP contribution is -2.14. The van der Waals surface area contributed by atoms with Crippen LogP contribution in [0.2, 0.25) is 0 Å². The van der Waals surface area contributed by atoms with E-state index in [-0.39, 0.29) is 0 Å². The standard InChI is InChI=1S/C18H25N3S2/c1-13(2)8-9-15(5)20-21-16(17-7-6-10-22-17)12-23-18(21)19-11-14(3)4/h6-7,10,12-13H,3,8-9,11H2,1-2,4-5H3. The molecule has 2 aromatic heterocycles. The first-order valence-electron chi connectivity index (χ1n) is 7.91. The van der Waals surface area contributed by atoms with Crippen LogP contribution in [-0.4, -0.2) is 16.9 Å². The minimum Gasteiger partial charge on any atom is -0.253 e. The molecule has 2 aromatic rings. The Morgan fingerprint density at radius 3 is 2.70 bits per heavy atom. The van der Waals surface area contributed by atoms with E-state index >= 15 is 0 Å². The molecule has 0 amide bonds. The molecule has 0 saturated carbocycles. The first-order chi connectivity index (χ1) is 11.0. The zero-order valence-corrected chi connectivity index (χ0v) is 16.0. The van der Waals surface area contributed by atoms with Crippen LogP contribution in [0.4, 0.5) is 0 Å². The highest BCUT2D eigenvalue weighted by atomic mass is 32.1. The van der Waals surface area contributed by atoms with E-state index in [1.807, 2.05) is 11.6 Å². The molecular formula is C18H25N3S2. The maximum atomic E-state index is 4.85. The van der Waals surface area contributed by atoms with Crippen LogP contribution in [0, 0.1) is 5.92 Å². The van der Waals surface area contributed by atoms with E-state index in [0.29, 0.717) is 12.5 Å². The van der Waals surface area contributed by atoms with Gasteiger partial charge in [-0.1, -0.05) is 32.1 Å². The Hall–Kier alpha value is -1.46. The predicted molar refractivity (Wildman–Crippen MR) is 103 cm³/mol. The summed E-state index contributed by atoms with van der Waals surface area (Å²) in [4.78, 5) is 6.82. The molecule has 2 heterocycles. The van der Waals surface area contributed by atoms with Crippen LogP contribution in [0.25, 0.3) is 10.6 Å². The Balaban J connectivity index is 2.40. The molecule has 124 valence electrons. The molecule has 0 aliphatic rings. The van der Waals surface area contributed by atoms with Crippen molar-refractivity contribution in [2.75, 3.05) is 6.54 Å². The summed E-state index contributed by atoms with van der Waals surface area (Å²) in [6.45, 7) is 13.2. The van der Waals surface area contributed by atoms with E-state index in [4.69, 9.17) is 5.10 Å². The van der Waals surface area contributed by atoms with Gasteiger partial charge in [-0.2, -0.15) is 5.10 Å². The third-order valence-corrected chi connectivity index (χ3v) is 5.04. The second kappa shape index (κ2) is 8.41. The van der Waals surface area contributed by atoms with E-state index in [0.717, 1.165) is 34.6 Å². The van der Waals surface area contributed by atoms with Gasteiger partial charge in [0, 0.05) is 11.1 Å². The fraction of sp³-hybridized carbons (Fsp3) is 0.444. The summed E-state index contributed by atoms with van der Waals surface area (Å²) in [5, 5.41) is 9.09.